The van der Waals surface area contributed by atoms with Crippen molar-refractivity contribution in [2.45, 2.75) is 19.4 Å². The van der Waals surface area contributed by atoms with Gasteiger partial charge in [0, 0.05) is 13.0 Å². The predicted octanol–water partition coefficient (Wildman–Crippen LogP) is 2.80. The summed E-state index contributed by atoms with van der Waals surface area (Å²) in [5.74, 6) is 0.603. The van der Waals surface area contributed by atoms with E-state index < -0.39 is 5.91 Å². The molecular weight excluding hydrogens is 362 g/mol. The molecule has 0 fully saturated rings. The third-order valence-corrected chi connectivity index (χ3v) is 5.07. The highest BCUT2D eigenvalue weighted by atomic mass is 16.5. The molecule has 1 amide bonds. The van der Waals surface area contributed by atoms with E-state index >= 15 is 0 Å². The molecule has 0 radical (unpaired) electrons. The summed E-state index contributed by atoms with van der Waals surface area (Å²) in [6, 6.07) is 7.37. The number of para-hydroxylation sites is 1. The number of hydrogen-bond donors (Lipinski definition) is 2. The summed E-state index contributed by atoms with van der Waals surface area (Å²) in [5, 5.41) is 16.4. The number of ether oxygens (including phenoxy) is 2. The monoisotopic (exact) mass is 383 g/mol. The van der Waals surface area contributed by atoms with Crippen LogP contribution in [0, 0.1) is 11.8 Å². The van der Waals surface area contributed by atoms with Crippen molar-refractivity contribution in [2.24, 2.45) is 11.8 Å². The van der Waals surface area contributed by atoms with E-state index in [4.69, 9.17) is 13.9 Å². The minimum atomic E-state index is -0.501. The number of anilines is 1. The van der Waals surface area contributed by atoms with Gasteiger partial charge >= 0.3 is 0 Å². The van der Waals surface area contributed by atoms with E-state index in [-0.39, 0.29) is 23.7 Å². The molecule has 146 valence electrons. The van der Waals surface area contributed by atoms with Crippen molar-refractivity contribution >= 4 is 22.8 Å². The summed E-state index contributed by atoms with van der Waals surface area (Å²) in [7, 11) is 1.71. The number of fused-ring (bicyclic) bond motifs is 1. The molecule has 3 atom stereocenters. The standard InChI is InChI=1S/C19H21N5O4/c1-11-12(6-5-9-14(11)26-2)10-27-16-13-7-3-4-8-15(13)28-17(16)18(25)20-19-21-23-24-22-19/h3-5,7-9,11-12,14H,6,10H2,1-2H3,(H2,20,21,22,23,24,25). The van der Waals surface area contributed by atoms with Gasteiger partial charge < -0.3 is 13.9 Å². The lowest BCUT2D eigenvalue weighted by atomic mass is 9.83. The van der Waals surface area contributed by atoms with Crippen LogP contribution in [0.5, 0.6) is 5.75 Å². The molecule has 0 saturated carbocycles. The highest BCUT2D eigenvalue weighted by molar-refractivity contribution is 6.07. The number of tetrazole rings is 1. The number of H-pyrrole nitrogens is 1. The normalized spacial score (nSPS) is 21.7. The van der Waals surface area contributed by atoms with E-state index in [0.717, 1.165) is 11.8 Å². The lowest BCUT2D eigenvalue weighted by molar-refractivity contribution is 0.0483. The van der Waals surface area contributed by atoms with Crippen LogP contribution < -0.4 is 10.1 Å². The third kappa shape index (κ3) is 3.48. The number of benzene rings is 1. The van der Waals surface area contributed by atoms with E-state index in [1.807, 2.05) is 18.2 Å². The minimum absolute atomic E-state index is 0.0597. The van der Waals surface area contributed by atoms with Crippen LogP contribution in [0.25, 0.3) is 11.0 Å². The van der Waals surface area contributed by atoms with Crippen molar-refractivity contribution in [1.29, 1.82) is 0 Å². The lowest BCUT2D eigenvalue weighted by Crippen LogP contribution is -2.32. The van der Waals surface area contributed by atoms with Crippen LogP contribution in [0.15, 0.2) is 40.8 Å². The van der Waals surface area contributed by atoms with Crippen LogP contribution in [0.4, 0.5) is 5.95 Å². The first kappa shape index (κ1) is 18.2. The number of allylic oxidation sites excluding steroid dienone is 1. The van der Waals surface area contributed by atoms with E-state index in [1.165, 1.54) is 0 Å². The van der Waals surface area contributed by atoms with Gasteiger partial charge in [0.05, 0.1) is 18.1 Å². The van der Waals surface area contributed by atoms with Gasteiger partial charge in [-0.2, -0.15) is 5.21 Å². The molecule has 2 N–H and O–H groups in total. The zero-order chi connectivity index (χ0) is 19.5. The summed E-state index contributed by atoms with van der Waals surface area (Å²) in [5.41, 5.74) is 0.571. The average molecular weight is 383 g/mol. The second kappa shape index (κ2) is 7.81. The fraction of sp³-hybridized carbons (Fsp3) is 0.368. The topological polar surface area (TPSA) is 115 Å². The molecule has 3 unspecified atom stereocenters. The molecule has 2 heterocycles. The van der Waals surface area contributed by atoms with Crippen molar-refractivity contribution in [3.8, 4) is 5.75 Å². The van der Waals surface area contributed by atoms with Crippen LogP contribution in [0.2, 0.25) is 0 Å². The predicted molar refractivity (Wildman–Crippen MR) is 101 cm³/mol. The van der Waals surface area contributed by atoms with Crippen molar-refractivity contribution in [1.82, 2.24) is 20.6 Å². The van der Waals surface area contributed by atoms with Crippen molar-refractivity contribution < 1.29 is 18.7 Å². The van der Waals surface area contributed by atoms with Crippen LogP contribution in [-0.2, 0) is 4.74 Å². The average Bonchev–Trinajstić information content (AvgIpc) is 3.35. The number of nitrogens with zero attached hydrogens (tertiary/aromatic N) is 3. The third-order valence-electron chi connectivity index (χ3n) is 5.07. The first-order valence-corrected chi connectivity index (χ1v) is 9.06. The molecule has 0 aliphatic heterocycles. The Balaban J connectivity index is 1.58. The Hall–Kier alpha value is -3.20. The highest BCUT2D eigenvalue weighted by Crippen LogP contribution is 2.35. The lowest BCUT2D eigenvalue weighted by Gasteiger charge is -2.31. The second-order valence-corrected chi connectivity index (χ2v) is 6.74. The van der Waals surface area contributed by atoms with Gasteiger partial charge in [0.15, 0.2) is 5.75 Å². The summed E-state index contributed by atoms with van der Waals surface area (Å²) in [6.07, 6.45) is 5.14. The minimum Gasteiger partial charge on any atom is -0.488 e. The molecule has 0 bridgehead atoms. The summed E-state index contributed by atoms with van der Waals surface area (Å²) in [6.45, 7) is 2.58. The van der Waals surface area contributed by atoms with E-state index in [2.05, 4.69) is 45.0 Å². The van der Waals surface area contributed by atoms with Gasteiger partial charge in [-0.25, -0.2) is 0 Å². The van der Waals surface area contributed by atoms with Gasteiger partial charge in [0.2, 0.25) is 5.76 Å². The number of methoxy groups -OCH3 is 1. The number of aromatic amines is 1. The van der Waals surface area contributed by atoms with Gasteiger partial charge in [-0.3, -0.25) is 10.1 Å². The largest absolute Gasteiger partial charge is 0.488 e. The second-order valence-electron chi connectivity index (χ2n) is 6.74. The number of carbonyl (C=O) groups excluding carboxylic acids is 1. The van der Waals surface area contributed by atoms with Crippen molar-refractivity contribution in [3.63, 3.8) is 0 Å². The molecule has 3 aromatic rings. The molecule has 0 spiro atoms. The Morgan fingerprint density at radius 2 is 2.25 bits per heavy atom. The zero-order valence-electron chi connectivity index (χ0n) is 15.6. The number of hydrogen-bond acceptors (Lipinski definition) is 7. The fourth-order valence-corrected chi connectivity index (χ4v) is 3.44. The van der Waals surface area contributed by atoms with Gasteiger partial charge in [-0.1, -0.05) is 36.3 Å². The Bertz CT molecular complexity index is 982. The Morgan fingerprint density at radius 3 is 3.04 bits per heavy atom. The van der Waals surface area contributed by atoms with Crippen molar-refractivity contribution in [3.05, 3.63) is 42.2 Å². The van der Waals surface area contributed by atoms with Crippen LogP contribution in [0.3, 0.4) is 0 Å². The molecular formula is C19H21N5O4. The molecule has 0 saturated heterocycles. The summed E-state index contributed by atoms with van der Waals surface area (Å²) >= 11 is 0. The molecule has 1 aliphatic carbocycles. The molecule has 9 nitrogen and oxygen atoms in total. The Labute approximate surface area is 161 Å². The van der Waals surface area contributed by atoms with E-state index in [1.54, 1.807) is 13.2 Å². The summed E-state index contributed by atoms with van der Waals surface area (Å²) < 4.78 is 17.4. The SMILES string of the molecule is COC1C=CCC(COc2c(C(=O)Nc3nn[nH]n3)oc3ccccc23)C1C. The number of furan rings is 1. The fourth-order valence-electron chi connectivity index (χ4n) is 3.44. The number of nitrogens with one attached hydrogen (secondary N) is 2. The number of amides is 1. The molecule has 9 heteroatoms. The quantitative estimate of drug-likeness (QED) is 0.629. The first-order chi connectivity index (χ1) is 13.7. The smallest absolute Gasteiger partial charge is 0.297 e. The van der Waals surface area contributed by atoms with Gasteiger partial charge in [-0.15, -0.1) is 5.10 Å². The van der Waals surface area contributed by atoms with Crippen molar-refractivity contribution in [2.75, 3.05) is 19.0 Å². The Kier molecular flexibility index (Phi) is 5.07. The van der Waals surface area contributed by atoms with Gasteiger partial charge in [-0.05, 0) is 29.7 Å². The maximum atomic E-state index is 12.7. The maximum absolute atomic E-state index is 12.7. The molecule has 1 aromatic carbocycles. The zero-order valence-corrected chi connectivity index (χ0v) is 15.6. The molecule has 1 aliphatic rings. The number of aromatic nitrogens is 4. The number of carbonyl (C=O) groups is 1. The van der Waals surface area contributed by atoms with Crippen LogP contribution >= 0.6 is 0 Å². The first-order valence-electron chi connectivity index (χ1n) is 9.06. The van der Waals surface area contributed by atoms with Crippen LogP contribution in [-0.4, -0.2) is 46.4 Å². The van der Waals surface area contributed by atoms with Gasteiger partial charge in [0.1, 0.15) is 5.58 Å². The maximum Gasteiger partial charge on any atom is 0.297 e. The van der Waals surface area contributed by atoms with E-state index in [0.29, 0.717) is 23.9 Å². The molecule has 4 rings (SSSR count). The van der Waals surface area contributed by atoms with E-state index in [9.17, 15) is 4.79 Å². The summed E-state index contributed by atoms with van der Waals surface area (Å²) in [4.78, 5) is 12.7. The van der Waals surface area contributed by atoms with Crippen LogP contribution in [0.1, 0.15) is 23.9 Å². The number of rotatable bonds is 6. The Morgan fingerprint density at radius 1 is 1.39 bits per heavy atom. The molecule has 28 heavy (non-hydrogen) atoms. The van der Waals surface area contributed by atoms with Gasteiger partial charge in [0.25, 0.3) is 11.9 Å². The highest BCUT2D eigenvalue weighted by Gasteiger charge is 2.29. The molecule has 2 aromatic heterocycles.